The molecule has 0 saturated heterocycles. The van der Waals surface area contributed by atoms with E-state index in [-0.39, 0.29) is 0 Å². The fourth-order valence-electron chi connectivity index (χ4n) is 3.64. The summed E-state index contributed by atoms with van der Waals surface area (Å²) in [5, 5.41) is 13.2. The minimum absolute atomic E-state index is 0.486. The highest BCUT2D eigenvalue weighted by Gasteiger charge is 2.31. The molecule has 2 N–H and O–H groups in total. The summed E-state index contributed by atoms with van der Waals surface area (Å²) < 4.78 is 5.38. The molecule has 0 radical (unpaired) electrons. The summed E-state index contributed by atoms with van der Waals surface area (Å²) >= 11 is 0. The molecular weight excluding hydrogens is 328 g/mol. The second-order valence-corrected chi connectivity index (χ2v) is 6.24. The fourth-order valence-corrected chi connectivity index (χ4v) is 3.64. The van der Waals surface area contributed by atoms with Crippen molar-refractivity contribution < 1.29 is 19.6 Å². The topological polar surface area (TPSA) is 79.3 Å². The van der Waals surface area contributed by atoms with Gasteiger partial charge in [0.2, 0.25) is 0 Å². The van der Waals surface area contributed by atoms with Gasteiger partial charge in [0.15, 0.2) is 11.4 Å². The molecular formula is C21H14N2O3. The Morgan fingerprint density at radius 1 is 0.962 bits per heavy atom. The lowest BCUT2D eigenvalue weighted by atomic mass is 10.0. The number of ether oxygens (including phenoxy) is 1. The van der Waals surface area contributed by atoms with E-state index in [1.807, 2.05) is 24.3 Å². The van der Waals surface area contributed by atoms with Gasteiger partial charge < -0.3 is 14.6 Å². The Balaban J connectivity index is 1.65. The van der Waals surface area contributed by atoms with E-state index < -0.39 is 12.6 Å². The van der Waals surface area contributed by atoms with Crippen molar-refractivity contribution in [3.63, 3.8) is 0 Å². The number of carboxylic acids is 1. The molecule has 1 heterocycles. The Bertz CT molecular complexity index is 1120. The minimum atomic E-state index is -1.25. The number of carbonyl (C=O) groups excluding carboxylic acids is 1. The number of aromatic nitrogens is 2. The van der Waals surface area contributed by atoms with Crippen molar-refractivity contribution in [1.82, 2.24) is 4.98 Å². The van der Waals surface area contributed by atoms with Gasteiger partial charge in [0.25, 0.3) is 5.82 Å². The number of para-hydroxylation sites is 1. The average molecular weight is 342 g/mol. The van der Waals surface area contributed by atoms with Crippen molar-refractivity contribution in [1.29, 1.82) is 0 Å². The molecule has 5 heteroatoms. The predicted octanol–water partition coefficient (Wildman–Crippen LogP) is 2.43. The first kappa shape index (κ1) is 14.7. The number of hydrogen-bond acceptors (Lipinski definition) is 3. The molecule has 0 aliphatic heterocycles. The molecule has 0 spiro atoms. The number of carboxylic acid groups (broad SMARTS) is 1. The third kappa shape index (κ3) is 2.10. The smallest absolute Gasteiger partial charge is 0.289 e. The van der Waals surface area contributed by atoms with Crippen LogP contribution in [0.2, 0.25) is 0 Å². The number of aliphatic carboxylic acids is 1. The molecule has 0 atom stereocenters. The zero-order chi connectivity index (χ0) is 17.7. The van der Waals surface area contributed by atoms with Crippen molar-refractivity contribution in [2.24, 2.45) is 0 Å². The van der Waals surface area contributed by atoms with Gasteiger partial charge in [0, 0.05) is 16.5 Å². The van der Waals surface area contributed by atoms with Crippen LogP contribution in [0.5, 0.6) is 5.75 Å². The normalized spacial score (nSPS) is 11.5. The van der Waals surface area contributed by atoms with Crippen LogP contribution < -0.4 is 14.8 Å². The highest BCUT2D eigenvalue weighted by atomic mass is 16.5. The maximum atomic E-state index is 10.7. The maximum Gasteiger partial charge on any atom is 0.289 e. The molecule has 126 valence electrons. The van der Waals surface area contributed by atoms with Gasteiger partial charge in [-0.05, 0) is 29.7 Å². The Labute approximate surface area is 148 Å². The van der Waals surface area contributed by atoms with Crippen LogP contribution in [0.1, 0.15) is 0 Å². The second kappa shape index (κ2) is 5.46. The fraction of sp³-hybridized carbons (Fsp3) is 0.0476. The van der Waals surface area contributed by atoms with E-state index in [1.165, 1.54) is 10.8 Å². The molecule has 5 nitrogen and oxygen atoms in total. The van der Waals surface area contributed by atoms with Crippen molar-refractivity contribution in [2.45, 2.75) is 0 Å². The van der Waals surface area contributed by atoms with Crippen molar-refractivity contribution in [3.05, 3.63) is 60.7 Å². The van der Waals surface area contributed by atoms with E-state index in [1.54, 1.807) is 12.1 Å². The number of nitrogens with one attached hydrogen (secondary N) is 2. The molecule has 26 heavy (non-hydrogen) atoms. The van der Waals surface area contributed by atoms with Gasteiger partial charge >= 0.3 is 0 Å². The Morgan fingerprint density at radius 2 is 1.69 bits per heavy atom. The van der Waals surface area contributed by atoms with Crippen molar-refractivity contribution >= 4 is 16.7 Å². The Morgan fingerprint density at radius 3 is 2.50 bits per heavy atom. The first-order chi connectivity index (χ1) is 12.7. The van der Waals surface area contributed by atoms with E-state index in [4.69, 9.17) is 4.74 Å². The van der Waals surface area contributed by atoms with Gasteiger partial charge in [0.05, 0.1) is 5.97 Å². The van der Waals surface area contributed by atoms with E-state index in [0.717, 1.165) is 33.9 Å². The largest absolute Gasteiger partial charge is 0.546 e. The SMILES string of the molecule is O=C([O-])COc1ccccc1-c1[nH]c2c([nH+]1)-c1cccc3cccc-2c13. The maximum absolute atomic E-state index is 10.7. The van der Waals surface area contributed by atoms with Gasteiger partial charge in [-0.15, -0.1) is 0 Å². The molecule has 1 aliphatic rings. The van der Waals surface area contributed by atoms with Crippen LogP contribution >= 0.6 is 0 Å². The van der Waals surface area contributed by atoms with E-state index in [2.05, 4.69) is 34.2 Å². The number of fused-ring (bicyclic) bond motifs is 3. The summed E-state index contributed by atoms with van der Waals surface area (Å²) in [4.78, 5) is 17.6. The summed E-state index contributed by atoms with van der Waals surface area (Å²) in [6.45, 7) is -0.487. The Hall–Kier alpha value is -3.60. The molecule has 3 aromatic carbocycles. The number of hydrogen-bond donors (Lipinski definition) is 1. The van der Waals surface area contributed by atoms with Gasteiger partial charge in [0.1, 0.15) is 17.9 Å². The quantitative estimate of drug-likeness (QED) is 0.545. The molecule has 4 aromatic rings. The first-order valence-electron chi connectivity index (χ1n) is 8.32. The third-order valence-electron chi connectivity index (χ3n) is 4.70. The first-order valence-corrected chi connectivity index (χ1v) is 8.32. The zero-order valence-electron chi connectivity index (χ0n) is 13.7. The lowest BCUT2D eigenvalue weighted by Crippen LogP contribution is -2.29. The standard InChI is InChI=1S/C21H14N2O3/c24-17(25)11-26-16-10-2-1-7-13(16)21-22-19-14-8-3-5-12-6-4-9-15(18(12)14)20(19)23-21/h1-10H,11H2,(H,22,23)(H,24,25). The number of carbonyl (C=O) groups is 1. The van der Waals surface area contributed by atoms with Gasteiger partial charge in [-0.25, -0.2) is 9.97 Å². The van der Waals surface area contributed by atoms with Crippen LogP contribution in [0, 0.1) is 0 Å². The zero-order valence-corrected chi connectivity index (χ0v) is 13.7. The number of rotatable bonds is 4. The molecule has 0 fully saturated rings. The summed E-state index contributed by atoms with van der Waals surface area (Å²) in [6, 6.07) is 19.8. The molecule has 0 bridgehead atoms. The molecule has 0 saturated carbocycles. The molecule has 1 aromatic heterocycles. The highest BCUT2D eigenvalue weighted by Crippen LogP contribution is 2.45. The molecule has 1 aliphatic carbocycles. The highest BCUT2D eigenvalue weighted by molar-refractivity contribution is 6.12. The lowest BCUT2D eigenvalue weighted by molar-refractivity contribution is -0.348. The molecule has 0 unspecified atom stereocenters. The van der Waals surface area contributed by atoms with Crippen LogP contribution in [0.4, 0.5) is 0 Å². The lowest BCUT2D eigenvalue weighted by Gasteiger charge is -2.08. The number of benzene rings is 3. The van der Waals surface area contributed by atoms with E-state index >= 15 is 0 Å². The number of aromatic amines is 2. The van der Waals surface area contributed by atoms with Crippen molar-refractivity contribution in [3.8, 4) is 39.7 Å². The predicted molar refractivity (Wildman–Crippen MR) is 95.2 cm³/mol. The van der Waals surface area contributed by atoms with Gasteiger partial charge in [-0.1, -0.05) is 36.4 Å². The van der Waals surface area contributed by atoms with Crippen LogP contribution in [0.3, 0.4) is 0 Å². The Kier molecular flexibility index (Phi) is 3.09. The van der Waals surface area contributed by atoms with E-state index in [0.29, 0.717) is 5.75 Å². The summed E-state index contributed by atoms with van der Waals surface area (Å²) in [5.41, 5.74) is 5.14. The molecule has 0 amide bonds. The van der Waals surface area contributed by atoms with E-state index in [9.17, 15) is 9.90 Å². The van der Waals surface area contributed by atoms with Gasteiger partial charge in [-0.3, -0.25) is 0 Å². The van der Waals surface area contributed by atoms with Crippen LogP contribution in [0.15, 0.2) is 60.7 Å². The van der Waals surface area contributed by atoms with Crippen LogP contribution in [-0.2, 0) is 4.79 Å². The number of H-pyrrole nitrogens is 2. The van der Waals surface area contributed by atoms with Crippen LogP contribution in [0.25, 0.3) is 44.7 Å². The summed E-state index contributed by atoms with van der Waals surface area (Å²) in [5.74, 6) is 0.00758. The number of imidazole rings is 1. The monoisotopic (exact) mass is 342 g/mol. The van der Waals surface area contributed by atoms with Crippen LogP contribution in [-0.4, -0.2) is 17.6 Å². The second-order valence-electron chi connectivity index (χ2n) is 6.24. The summed E-state index contributed by atoms with van der Waals surface area (Å²) in [6.07, 6.45) is 0. The van der Waals surface area contributed by atoms with Gasteiger partial charge in [-0.2, -0.15) is 0 Å². The minimum Gasteiger partial charge on any atom is -0.546 e. The van der Waals surface area contributed by atoms with Crippen molar-refractivity contribution in [2.75, 3.05) is 6.61 Å². The third-order valence-corrected chi connectivity index (χ3v) is 4.70. The average Bonchev–Trinajstić information content (AvgIpc) is 3.21. The summed E-state index contributed by atoms with van der Waals surface area (Å²) in [7, 11) is 0. The molecule has 5 rings (SSSR count).